The minimum absolute atomic E-state index is 0.122. The Labute approximate surface area is 165 Å². The van der Waals surface area contributed by atoms with Crippen molar-refractivity contribution in [3.8, 4) is 17.2 Å². The number of nitrogens with zero attached hydrogens (tertiary/aromatic N) is 3. The molecule has 2 aromatic rings. The van der Waals surface area contributed by atoms with Gasteiger partial charge in [-0.3, -0.25) is 0 Å². The largest absolute Gasteiger partial charge is 0.355 e. The van der Waals surface area contributed by atoms with E-state index in [0.717, 1.165) is 48.2 Å². The summed E-state index contributed by atoms with van der Waals surface area (Å²) >= 11 is 0. The Morgan fingerprint density at radius 3 is 2.54 bits per heavy atom. The molecule has 3 aliphatic heterocycles. The second-order valence-corrected chi connectivity index (χ2v) is 9.73. The van der Waals surface area contributed by atoms with Crippen molar-refractivity contribution in [2.75, 3.05) is 12.3 Å². The zero-order chi connectivity index (χ0) is 19.4. The van der Waals surface area contributed by atoms with Gasteiger partial charge in [-0.2, -0.15) is 5.26 Å². The normalized spacial score (nSPS) is 27.6. The van der Waals surface area contributed by atoms with Gasteiger partial charge in [-0.15, -0.1) is 4.40 Å². The summed E-state index contributed by atoms with van der Waals surface area (Å²) in [6.07, 6.45) is 4.08. The van der Waals surface area contributed by atoms with Crippen molar-refractivity contribution in [1.82, 2.24) is 4.90 Å². The zero-order valence-electron chi connectivity index (χ0n) is 15.5. The van der Waals surface area contributed by atoms with E-state index in [0.29, 0.717) is 18.2 Å². The van der Waals surface area contributed by atoms with Crippen LogP contribution >= 0.6 is 0 Å². The van der Waals surface area contributed by atoms with Crippen molar-refractivity contribution in [1.29, 1.82) is 5.26 Å². The Morgan fingerprint density at radius 2 is 1.82 bits per heavy atom. The summed E-state index contributed by atoms with van der Waals surface area (Å²) in [5.41, 5.74) is 3.55. The van der Waals surface area contributed by atoms with Crippen LogP contribution in [0.4, 0.5) is 0 Å². The second-order valence-electron chi connectivity index (χ2n) is 7.98. The molecule has 4 aliphatic rings. The van der Waals surface area contributed by atoms with Gasteiger partial charge < -0.3 is 4.90 Å². The Hall–Kier alpha value is -2.65. The average Bonchev–Trinajstić information content (AvgIpc) is 2.74. The predicted molar refractivity (Wildman–Crippen MR) is 108 cm³/mol. The molecule has 0 aromatic heterocycles. The highest BCUT2D eigenvalue weighted by Gasteiger charge is 2.52. The van der Waals surface area contributed by atoms with Crippen LogP contribution in [0.3, 0.4) is 0 Å². The quantitative estimate of drug-likeness (QED) is 0.786. The highest BCUT2D eigenvalue weighted by atomic mass is 32.2. The number of rotatable bonds is 2. The molecule has 6 heteroatoms. The van der Waals surface area contributed by atoms with E-state index in [1.807, 2.05) is 18.2 Å². The van der Waals surface area contributed by atoms with Crippen LogP contribution in [-0.4, -0.2) is 37.5 Å². The van der Waals surface area contributed by atoms with E-state index in [4.69, 9.17) is 5.26 Å². The maximum absolute atomic E-state index is 12.2. The maximum atomic E-state index is 12.2. The molecule has 6 rings (SSSR count). The fourth-order valence-electron chi connectivity index (χ4n) is 5.07. The van der Waals surface area contributed by atoms with E-state index >= 15 is 0 Å². The van der Waals surface area contributed by atoms with Crippen molar-refractivity contribution >= 4 is 15.9 Å². The van der Waals surface area contributed by atoms with Gasteiger partial charge in [-0.05, 0) is 54.5 Å². The molecule has 0 amide bonds. The van der Waals surface area contributed by atoms with Gasteiger partial charge in [0.25, 0.3) is 10.0 Å². The molecule has 3 heterocycles. The first kappa shape index (κ1) is 17.4. The zero-order valence-corrected chi connectivity index (χ0v) is 16.3. The van der Waals surface area contributed by atoms with E-state index in [1.165, 1.54) is 0 Å². The van der Waals surface area contributed by atoms with Gasteiger partial charge >= 0.3 is 0 Å². The fraction of sp³-hybridized carbons (Fsp3) is 0.364. The Bertz CT molecular complexity index is 1110. The molecule has 0 unspecified atom stereocenters. The summed E-state index contributed by atoms with van der Waals surface area (Å²) in [6.45, 7) is 0.562. The predicted octanol–water partition coefficient (Wildman–Crippen LogP) is 3.46. The highest BCUT2D eigenvalue weighted by molar-refractivity contribution is 7.90. The minimum atomic E-state index is -3.36. The summed E-state index contributed by atoms with van der Waals surface area (Å²) in [5, 5.41) is 9.13. The smallest absolute Gasteiger partial charge is 0.256 e. The first-order valence-electron chi connectivity index (χ1n) is 9.72. The first-order valence-corrected chi connectivity index (χ1v) is 11.3. The molecular formula is C22H21N3O2S. The molecule has 0 spiro atoms. The van der Waals surface area contributed by atoms with Crippen LogP contribution in [0, 0.1) is 11.3 Å². The van der Waals surface area contributed by atoms with Crippen molar-refractivity contribution in [2.45, 2.75) is 37.1 Å². The Kier molecular flexibility index (Phi) is 3.85. The molecule has 5 nitrogen and oxygen atoms in total. The maximum Gasteiger partial charge on any atom is 0.256 e. The summed E-state index contributed by atoms with van der Waals surface area (Å²) in [7, 11) is -3.36. The van der Waals surface area contributed by atoms with Gasteiger partial charge in [0.15, 0.2) is 0 Å². The molecule has 1 saturated carbocycles. The van der Waals surface area contributed by atoms with Crippen molar-refractivity contribution < 1.29 is 8.42 Å². The highest BCUT2D eigenvalue weighted by Crippen LogP contribution is 2.49. The molecule has 2 saturated heterocycles. The van der Waals surface area contributed by atoms with Crippen LogP contribution in [0.25, 0.3) is 11.1 Å². The lowest BCUT2D eigenvalue weighted by molar-refractivity contribution is 0.151. The van der Waals surface area contributed by atoms with Crippen LogP contribution in [0.5, 0.6) is 0 Å². The van der Waals surface area contributed by atoms with Crippen LogP contribution < -0.4 is 0 Å². The van der Waals surface area contributed by atoms with Crippen molar-refractivity contribution in [3.63, 3.8) is 0 Å². The van der Waals surface area contributed by atoms with E-state index in [2.05, 4.69) is 39.6 Å². The molecule has 142 valence electrons. The van der Waals surface area contributed by atoms with E-state index in [-0.39, 0.29) is 11.2 Å². The molecular weight excluding hydrogens is 370 g/mol. The number of fused-ring (bicyclic) bond motifs is 2. The number of piperidine rings is 2. The number of nitriles is 1. The topological polar surface area (TPSA) is 73.5 Å². The van der Waals surface area contributed by atoms with E-state index < -0.39 is 10.0 Å². The van der Waals surface area contributed by atoms with Gasteiger partial charge in [-0.25, -0.2) is 8.42 Å². The lowest BCUT2D eigenvalue weighted by atomic mass is 9.63. The molecule has 0 atom stereocenters. The number of amidine groups is 1. The van der Waals surface area contributed by atoms with E-state index in [9.17, 15) is 8.42 Å². The molecule has 2 bridgehead atoms. The molecule has 1 aliphatic carbocycles. The summed E-state index contributed by atoms with van der Waals surface area (Å²) in [5.74, 6) is 0.887. The first-order chi connectivity index (χ1) is 13.5. The molecule has 0 N–H and O–H groups in total. The molecule has 0 radical (unpaired) electrons. The number of sulfonamides is 1. The monoisotopic (exact) mass is 391 g/mol. The van der Waals surface area contributed by atoms with Crippen LogP contribution in [0.2, 0.25) is 0 Å². The summed E-state index contributed by atoms with van der Waals surface area (Å²) in [4.78, 5) is 2.25. The summed E-state index contributed by atoms with van der Waals surface area (Å²) in [6, 6.07) is 18.6. The average molecular weight is 391 g/mol. The van der Waals surface area contributed by atoms with E-state index in [1.54, 1.807) is 6.07 Å². The van der Waals surface area contributed by atoms with Crippen LogP contribution in [-0.2, 0) is 15.4 Å². The number of hydrogen-bond acceptors (Lipinski definition) is 4. The fourth-order valence-corrected chi connectivity index (χ4v) is 6.13. The SMILES string of the molecule is N#Cc1cccc(-c2ccc(C34CCC(CC3)N3CCS(=O)(=O)N=C34)cc2)c1. The molecule has 3 fully saturated rings. The molecule has 2 aromatic carbocycles. The lowest BCUT2D eigenvalue weighted by Crippen LogP contribution is -2.62. The lowest BCUT2D eigenvalue weighted by Gasteiger charge is -2.55. The van der Waals surface area contributed by atoms with Crippen molar-refractivity contribution in [2.24, 2.45) is 4.40 Å². The minimum Gasteiger partial charge on any atom is -0.355 e. The van der Waals surface area contributed by atoms with Crippen LogP contribution in [0.15, 0.2) is 52.9 Å². The Balaban J connectivity index is 1.56. The standard InChI is InChI=1S/C22H21N3O2S/c23-15-16-2-1-3-18(14-16)17-4-6-19(7-5-17)22-10-8-20(9-11-22)25-12-13-28(26,27)24-21(22)25/h1-7,14,20H,8-13H2. The van der Waals surface area contributed by atoms with Gasteiger partial charge in [-0.1, -0.05) is 36.4 Å². The van der Waals surface area contributed by atoms with Gasteiger partial charge in [0, 0.05) is 12.6 Å². The summed E-state index contributed by atoms with van der Waals surface area (Å²) < 4.78 is 28.7. The van der Waals surface area contributed by atoms with Crippen LogP contribution in [0.1, 0.15) is 36.8 Å². The molecule has 28 heavy (non-hydrogen) atoms. The van der Waals surface area contributed by atoms with Gasteiger partial charge in [0.05, 0.1) is 22.8 Å². The van der Waals surface area contributed by atoms with Gasteiger partial charge in [0.2, 0.25) is 0 Å². The van der Waals surface area contributed by atoms with Gasteiger partial charge in [0.1, 0.15) is 5.84 Å². The number of benzene rings is 2. The third-order valence-electron chi connectivity index (χ3n) is 6.53. The number of hydrogen-bond donors (Lipinski definition) is 0. The van der Waals surface area contributed by atoms with Crippen molar-refractivity contribution in [3.05, 3.63) is 59.7 Å². The third-order valence-corrected chi connectivity index (χ3v) is 7.68. The Morgan fingerprint density at radius 1 is 1.07 bits per heavy atom. The second kappa shape index (κ2) is 6.18. The third kappa shape index (κ3) is 2.65.